The summed E-state index contributed by atoms with van der Waals surface area (Å²) in [5, 5.41) is 0.0977. The van der Waals surface area contributed by atoms with Crippen molar-refractivity contribution in [3.63, 3.8) is 0 Å². The Labute approximate surface area is 129 Å². The van der Waals surface area contributed by atoms with Crippen LogP contribution in [0.3, 0.4) is 0 Å². The lowest BCUT2D eigenvalue weighted by molar-refractivity contribution is 0.624. The van der Waals surface area contributed by atoms with Gasteiger partial charge in [0.2, 0.25) is 0 Å². The van der Waals surface area contributed by atoms with Crippen molar-refractivity contribution in [1.29, 1.82) is 0 Å². The van der Waals surface area contributed by atoms with Gasteiger partial charge in [-0.2, -0.15) is 0 Å². The van der Waals surface area contributed by atoms with Crippen LogP contribution in [0, 0.1) is 17.5 Å². The molecule has 6 heteroatoms. The molecule has 0 saturated heterocycles. The fraction of sp³-hybridized carbons (Fsp3) is 0.214. The number of nitrogens with zero attached hydrogens (tertiary/aromatic N) is 1. The zero-order chi connectivity index (χ0) is 14.4. The van der Waals surface area contributed by atoms with E-state index in [4.69, 9.17) is 23.8 Å². The molecule has 20 heavy (non-hydrogen) atoms. The maximum atomic E-state index is 13.7. The summed E-state index contributed by atoms with van der Waals surface area (Å²) < 4.78 is 16.2. The third-order valence-electron chi connectivity index (χ3n) is 3.32. The SMILES string of the molecule is Cc1ccc(C(C)n2c(=S)[nH]c3cc(Cl)c(F)cc32)s1. The van der Waals surface area contributed by atoms with Crippen LogP contribution in [0.2, 0.25) is 5.02 Å². The lowest BCUT2D eigenvalue weighted by atomic mass is 10.2. The van der Waals surface area contributed by atoms with Crippen LogP contribution in [0.1, 0.15) is 22.7 Å². The molecule has 0 aliphatic heterocycles. The molecule has 0 saturated carbocycles. The predicted molar refractivity (Wildman–Crippen MR) is 85.0 cm³/mol. The molecule has 2 aromatic heterocycles. The average Bonchev–Trinajstić information content (AvgIpc) is 2.93. The molecule has 0 amide bonds. The zero-order valence-corrected chi connectivity index (χ0v) is 13.3. The molecule has 0 bridgehead atoms. The highest BCUT2D eigenvalue weighted by Gasteiger charge is 2.16. The number of nitrogens with one attached hydrogen (secondary N) is 1. The largest absolute Gasteiger partial charge is 0.331 e. The number of aromatic amines is 1. The van der Waals surface area contributed by atoms with Gasteiger partial charge in [-0.05, 0) is 44.3 Å². The molecular formula is C14H12ClFN2S2. The molecule has 1 N–H and O–H groups in total. The van der Waals surface area contributed by atoms with E-state index in [0.29, 0.717) is 4.77 Å². The Morgan fingerprint density at radius 2 is 2.15 bits per heavy atom. The van der Waals surface area contributed by atoms with Gasteiger partial charge in [-0.3, -0.25) is 0 Å². The monoisotopic (exact) mass is 326 g/mol. The van der Waals surface area contributed by atoms with Crippen LogP contribution < -0.4 is 0 Å². The number of imidazole rings is 1. The summed E-state index contributed by atoms with van der Waals surface area (Å²) in [5.74, 6) is -0.434. The third kappa shape index (κ3) is 2.20. The van der Waals surface area contributed by atoms with E-state index in [9.17, 15) is 4.39 Å². The number of fused-ring (bicyclic) bond motifs is 1. The van der Waals surface area contributed by atoms with Gasteiger partial charge in [-0.25, -0.2) is 4.39 Å². The highest BCUT2D eigenvalue weighted by molar-refractivity contribution is 7.71. The van der Waals surface area contributed by atoms with Crippen LogP contribution in [0.15, 0.2) is 24.3 Å². The number of aromatic nitrogens is 2. The van der Waals surface area contributed by atoms with Crippen molar-refractivity contribution in [2.24, 2.45) is 0 Å². The Morgan fingerprint density at radius 1 is 1.40 bits per heavy atom. The highest BCUT2D eigenvalue weighted by Crippen LogP contribution is 2.30. The number of thiophene rings is 1. The predicted octanol–water partition coefficient (Wildman–Crippen LogP) is 5.47. The molecule has 0 fully saturated rings. The number of aryl methyl sites for hydroxylation is 1. The first kappa shape index (κ1) is 13.8. The fourth-order valence-corrected chi connectivity index (χ4v) is 3.76. The summed E-state index contributed by atoms with van der Waals surface area (Å²) in [5.41, 5.74) is 1.48. The smallest absolute Gasteiger partial charge is 0.178 e. The van der Waals surface area contributed by atoms with Crippen LogP contribution >= 0.6 is 35.2 Å². The first-order chi connectivity index (χ1) is 9.47. The topological polar surface area (TPSA) is 20.7 Å². The highest BCUT2D eigenvalue weighted by atomic mass is 35.5. The van der Waals surface area contributed by atoms with E-state index in [2.05, 4.69) is 31.0 Å². The molecule has 2 heterocycles. The van der Waals surface area contributed by atoms with Crippen LogP contribution in [-0.2, 0) is 0 Å². The minimum atomic E-state index is -0.434. The number of hydrogen-bond acceptors (Lipinski definition) is 2. The van der Waals surface area contributed by atoms with Gasteiger partial charge >= 0.3 is 0 Å². The van der Waals surface area contributed by atoms with E-state index < -0.39 is 5.82 Å². The number of rotatable bonds is 2. The van der Waals surface area contributed by atoms with Crippen LogP contribution in [0.5, 0.6) is 0 Å². The van der Waals surface area contributed by atoms with Crippen molar-refractivity contribution in [1.82, 2.24) is 9.55 Å². The number of halogens is 2. The molecule has 1 atom stereocenters. The normalized spacial score (nSPS) is 13.0. The van der Waals surface area contributed by atoms with E-state index in [0.717, 1.165) is 11.0 Å². The fourth-order valence-electron chi connectivity index (χ4n) is 2.31. The molecule has 1 aromatic carbocycles. The summed E-state index contributed by atoms with van der Waals surface area (Å²) in [6.45, 7) is 4.12. The molecule has 0 aliphatic rings. The summed E-state index contributed by atoms with van der Waals surface area (Å²) in [6.07, 6.45) is 0. The lowest BCUT2D eigenvalue weighted by Crippen LogP contribution is -2.05. The van der Waals surface area contributed by atoms with Gasteiger partial charge < -0.3 is 9.55 Å². The Kier molecular flexibility index (Phi) is 3.44. The van der Waals surface area contributed by atoms with Crippen molar-refractivity contribution in [3.05, 3.63) is 49.6 Å². The summed E-state index contributed by atoms with van der Waals surface area (Å²) in [7, 11) is 0. The molecule has 2 nitrogen and oxygen atoms in total. The van der Waals surface area contributed by atoms with E-state index in [-0.39, 0.29) is 11.1 Å². The summed E-state index contributed by atoms with van der Waals surface area (Å²) in [4.78, 5) is 5.52. The molecule has 3 rings (SSSR count). The van der Waals surface area contributed by atoms with Crippen LogP contribution in [0.25, 0.3) is 11.0 Å². The Hall–Kier alpha value is -1.17. The van der Waals surface area contributed by atoms with Gasteiger partial charge in [-0.1, -0.05) is 11.6 Å². The Morgan fingerprint density at radius 3 is 2.80 bits per heavy atom. The first-order valence-corrected chi connectivity index (χ1v) is 7.73. The number of hydrogen-bond donors (Lipinski definition) is 1. The van der Waals surface area contributed by atoms with Crippen molar-refractivity contribution in [2.75, 3.05) is 0 Å². The maximum Gasteiger partial charge on any atom is 0.178 e. The standard InChI is InChI=1S/C14H12ClFN2S2/c1-7-3-4-13(20-7)8(2)18-12-6-10(16)9(15)5-11(12)17-14(18)19/h3-6,8H,1-2H3,(H,17,19). The summed E-state index contributed by atoms with van der Waals surface area (Å²) in [6, 6.07) is 7.21. The maximum absolute atomic E-state index is 13.7. The molecule has 3 aromatic rings. The second-order valence-corrected chi connectivity index (χ2v) is 6.82. The second-order valence-electron chi connectivity index (χ2n) is 4.71. The summed E-state index contributed by atoms with van der Waals surface area (Å²) >= 11 is 12.9. The molecule has 0 radical (unpaired) electrons. The van der Waals surface area contributed by atoms with Gasteiger partial charge in [-0.15, -0.1) is 11.3 Å². The van der Waals surface area contributed by atoms with Crippen molar-refractivity contribution < 1.29 is 4.39 Å². The number of H-pyrrole nitrogens is 1. The zero-order valence-electron chi connectivity index (χ0n) is 10.9. The third-order valence-corrected chi connectivity index (χ3v) is 5.08. The lowest BCUT2D eigenvalue weighted by Gasteiger charge is -2.13. The van der Waals surface area contributed by atoms with Crippen LogP contribution in [0.4, 0.5) is 4.39 Å². The van der Waals surface area contributed by atoms with Gasteiger partial charge in [0.1, 0.15) is 5.82 Å². The quantitative estimate of drug-likeness (QED) is 0.619. The van der Waals surface area contributed by atoms with E-state index in [1.165, 1.54) is 15.8 Å². The minimum absolute atomic E-state index is 0.0514. The molecule has 104 valence electrons. The molecule has 0 aliphatic carbocycles. The van der Waals surface area contributed by atoms with Gasteiger partial charge in [0, 0.05) is 15.8 Å². The van der Waals surface area contributed by atoms with Gasteiger partial charge in [0.05, 0.1) is 22.1 Å². The molecule has 0 spiro atoms. The average molecular weight is 327 g/mol. The number of benzene rings is 1. The first-order valence-electron chi connectivity index (χ1n) is 6.13. The van der Waals surface area contributed by atoms with Crippen LogP contribution in [-0.4, -0.2) is 9.55 Å². The Balaban J connectivity index is 2.23. The van der Waals surface area contributed by atoms with E-state index in [1.54, 1.807) is 17.4 Å². The Bertz CT molecular complexity index is 847. The minimum Gasteiger partial charge on any atom is -0.331 e. The van der Waals surface area contributed by atoms with Gasteiger partial charge in [0.15, 0.2) is 4.77 Å². The van der Waals surface area contributed by atoms with Crippen molar-refractivity contribution >= 4 is 46.2 Å². The molecule has 1 unspecified atom stereocenters. The van der Waals surface area contributed by atoms with Crippen molar-refractivity contribution in [2.45, 2.75) is 19.9 Å². The molecular weight excluding hydrogens is 315 g/mol. The van der Waals surface area contributed by atoms with E-state index in [1.807, 2.05) is 4.57 Å². The van der Waals surface area contributed by atoms with E-state index >= 15 is 0 Å². The van der Waals surface area contributed by atoms with Crippen molar-refractivity contribution in [3.8, 4) is 0 Å². The van der Waals surface area contributed by atoms with Gasteiger partial charge in [0.25, 0.3) is 0 Å². The second kappa shape index (κ2) is 4.98.